The van der Waals surface area contributed by atoms with E-state index in [1.807, 2.05) is 0 Å². The van der Waals surface area contributed by atoms with E-state index in [1.165, 1.54) is 42.5 Å². The number of carbonyl (C=O) groups excluding carboxylic acids is 1. The monoisotopic (exact) mass is 351 g/mol. The Morgan fingerprint density at radius 2 is 1.84 bits per heavy atom. The molecule has 0 heterocycles. The van der Waals surface area contributed by atoms with E-state index in [0.717, 1.165) is 0 Å². The number of amides is 1. The van der Waals surface area contributed by atoms with E-state index >= 15 is 0 Å². The van der Waals surface area contributed by atoms with Gasteiger partial charge in [-0.15, -0.1) is 0 Å². The Bertz CT molecular complexity index is 779. The summed E-state index contributed by atoms with van der Waals surface area (Å²) in [5.74, 6) is -0.602. The van der Waals surface area contributed by atoms with Crippen LogP contribution in [0.3, 0.4) is 0 Å². The topological polar surface area (TPSA) is 84.7 Å². The van der Waals surface area contributed by atoms with Crippen LogP contribution in [-0.4, -0.2) is 31.5 Å². The molecule has 2 aromatic rings. The van der Waals surface area contributed by atoms with Crippen LogP contribution in [0.5, 0.6) is 5.75 Å². The number of alkyl halides is 2. The minimum Gasteiger partial charge on any atom is -0.435 e. The van der Waals surface area contributed by atoms with Crippen LogP contribution in [0.15, 0.2) is 42.5 Å². The number of rotatable bonds is 6. The zero-order valence-electron chi connectivity index (χ0n) is 13.4. The molecule has 0 atom stereocenters. The SMILES string of the molecule is CN(C)c1ccc(C(=O)Nc2ccc(OC(F)F)cc2)cc1[N+](=O)[O-]. The molecule has 7 nitrogen and oxygen atoms in total. The van der Waals surface area contributed by atoms with Crippen LogP contribution in [0.2, 0.25) is 0 Å². The summed E-state index contributed by atoms with van der Waals surface area (Å²) in [6.07, 6.45) is 0. The number of nitro benzene ring substituents is 1. The summed E-state index contributed by atoms with van der Waals surface area (Å²) in [4.78, 5) is 24.4. The molecule has 0 saturated heterocycles. The summed E-state index contributed by atoms with van der Waals surface area (Å²) >= 11 is 0. The number of nitrogens with one attached hydrogen (secondary N) is 1. The van der Waals surface area contributed by atoms with Gasteiger partial charge in [0.1, 0.15) is 11.4 Å². The number of nitro groups is 1. The van der Waals surface area contributed by atoms with Crippen LogP contribution in [0, 0.1) is 10.1 Å². The maximum Gasteiger partial charge on any atom is 0.387 e. The molecule has 1 N–H and O–H groups in total. The van der Waals surface area contributed by atoms with E-state index in [0.29, 0.717) is 11.4 Å². The fourth-order valence-electron chi connectivity index (χ4n) is 2.11. The van der Waals surface area contributed by atoms with Gasteiger partial charge in [0.25, 0.3) is 11.6 Å². The second-order valence-corrected chi connectivity index (χ2v) is 5.21. The summed E-state index contributed by atoms with van der Waals surface area (Å²) in [5, 5.41) is 13.7. The first-order chi connectivity index (χ1) is 11.8. The lowest BCUT2D eigenvalue weighted by Crippen LogP contribution is -2.15. The molecule has 0 spiro atoms. The van der Waals surface area contributed by atoms with Crippen LogP contribution in [-0.2, 0) is 0 Å². The molecule has 0 saturated carbocycles. The highest BCUT2D eigenvalue weighted by atomic mass is 19.3. The lowest BCUT2D eigenvalue weighted by atomic mass is 10.1. The molecule has 0 radical (unpaired) electrons. The smallest absolute Gasteiger partial charge is 0.387 e. The van der Waals surface area contributed by atoms with Crippen molar-refractivity contribution in [3.63, 3.8) is 0 Å². The van der Waals surface area contributed by atoms with Crippen molar-refractivity contribution in [2.75, 3.05) is 24.3 Å². The van der Waals surface area contributed by atoms with Gasteiger partial charge in [-0.1, -0.05) is 0 Å². The first-order valence-electron chi connectivity index (χ1n) is 7.10. The highest BCUT2D eigenvalue weighted by Gasteiger charge is 2.19. The Hall–Kier alpha value is -3.23. The molecule has 0 aromatic heterocycles. The Labute approximate surface area is 142 Å². The molecule has 0 unspecified atom stereocenters. The zero-order chi connectivity index (χ0) is 18.6. The Balaban J connectivity index is 2.18. The van der Waals surface area contributed by atoms with Gasteiger partial charge in [0.2, 0.25) is 0 Å². The fraction of sp³-hybridized carbons (Fsp3) is 0.188. The highest BCUT2D eigenvalue weighted by molar-refractivity contribution is 6.05. The van der Waals surface area contributed by atoms with Crippen molar-refractivity contribution in [1.82, 2.24) is 0 Å². The minimum absolute atomic E-state index is 0.0426. The molecule has 25 heavy (non-hydrogen) atoms. The number of ether oxygens (including phenoxy) is 1. The first kappa shape index (κ1) is 18.1. The Morgan fingerprint density at radius 3 is 2.36 bits per heavy atom. The maximum absolute atomic E-state index is 12.2. The van der Waals surface area contributed by atoms with Gasteiger partial charge in [0.05, 0.1) is 4.92 Å². The number of halogens is 2. The van der Waals surface area contributed by atoms with E-state index in [2.05, 4.69) is 10.1 Å². The van der Waals surface area contributed by atoms with Gasteiger partial charge in [-0.25, -0.2) is 0 Å². The van der Waals surface area contributed by atoms with Gasteiger partial charge in [-0.3, -0.25) is 14.9 Å². The lowest BCUT2D eigenvalue weighted by Gasteiger charge is -2.13. The Kier molecular flexibility index (Phi) is 5.48. The zero-order valence-corrected chi connectivity index (χ0v) is 13.4. The third kappa shape index (κ3) is 4.63. The minimum atomic E-state index is -2.93. The normalized spacial score (nSPS) is 10.4. The van der Waals surface area contributed by atoms with Crippen molar-refractivity contribution in [1.29, 1.82) is 0 Å². The summed E-state index contributed by atoms with van der Waals surface area (Å²) in [5.41, 5.74) is 0.615. The molecule has 0 aliphatic carbocycles. The average molecular weight is 351 g/mol. The van der Waals surface area contributed by atoms with Gasteiger partial charge in [-0.05, 0) is 36.4 Å². The molecule has 0 bridgehead atoms. The first-order valence-corrected chi connectivity index (χ1v) is 7.10. The van der Waals surface area contributed by atoms with Crippen LogP contribution < -0.4 is 15.0 Å². The quantitative estimate of drug-likeness (QED) is 0.636. The third-order valence-electron chi connectivity index (χ3n) is 3.25. The summed E-state index contributed by atoms with van der Waals surface area (Å²) < 4.78 is 28.4. The van der Waals surface area contributed by atoms with Crippen molar-refractivity contribution < 1.29 is 23.2 Å². The van der Waals surface area contributed by atoms with Gasteiger partial charge in [-0.2, -0.15) is 8.78 Å². The largest absolute Gasteiger partial charge is 0.435 e. The number of nitrogens with zero attached hydrogens (tertiary/aromatic N) is 2. The number of benzene rings is 2. The van der Waals surface area contributed by atoms with E-state index < -0.39 is 17.4 Å². The van der Waals surface area contributed by atoms with Crippen molar-refractivity contribution >= 4 is 23.0 Å². The van der Waals surface area contributed by atoms with Crippen LogP contribution in [0.1, 0.15) is 10.4 Å². The van der Waals surface area contributed by atoms with Crippen molar-refractivity contribution in [2.45, 2.75) is 6.61 Å². The van der Waals surface area contributed by atoms with Gasteiger partial charge < -0.3 is 15.0 Å². The molecule has 0 aliphatic rings. The molecule has 1 amide bonds. The van der Waals surface area contributed by atoms with Crippen molar-refractivity contribution in [3.05, 3.63) is 58.1 Å². The van der Waals surface area contributed by atoms with Crippen LogP contribution in [0.25, 0.3) is 0 Å². The number of hydrogen-bond acceptors (Lipinski definition) is 5. The molecule has 0 aliphatic heterocycles. The predicted octanol–water partition coefficient (Wildman–Crippen LogP) is 3.51. The Morgan fingerprint density at radius 1 is 1.20 bits per heavy atom. The van der Waals surface area contributed by atoms with Crippen LogP contribution >= 0.6 is 0 Å². The predicted molar refractivity (Wildman–Crippen MR) is 88.5 cm³/mol. The molecular formula is C16H15F2N3O4. The summed E-state index contributed by atoms with van der Waals surface area (Å²) in [7, 11) is 3.32. The lowest BCUT2D eigenvalue weighted by molar-refractivity contribution is -0.384. The second kappa shape index (κ2) is 7.56. The molecule has 2 aromatic carbocycles. The highest BCUT2D eigenvalue weighted by Crippen LogP contribution is 2.28. The molecule has 132 valence electrons. The van der Waals surface area contributed by atoms with Crippen LogP contribution in [0.4, 0.5) is 25.8 Å². The third-order valence-corrected chi connectivity index (χ3v) is 3.25. The molecule has 2 rings (SSSR count). The number of anilines is 2. The molecule has 0 fully saturated rings. The second-order valence-electron chi connectivity index (χ2n) is 5.21. The number of carbonyl (C=O) groups is 1. The van der Waals surface area contributed by atoms with Gasteiger partial charge in [0.15, 0.2) is 0 Å². The van der Waals surface area contributed by atoms with Crippen molar-refractivity contribution in [2.24, 2.45) is 0 Å². The fourth-order valence-corrected chi connectivity index (χ4v) is 2.11. The van der Waals surface area contributed by atoms with E-state index in [4.69, 9.17) is 0 Å². The molecule has 9 heteroatoms. The van der Waals surface area contributed by atoms with E-state index in [-0.39, 0.29) is 17.0 Å². The molecular weight excluding hydrogens is 336 g/mol. The maximum atomic E-state index is 12.2. The summed E-state index contributed by atoms with van der Waals surface area (Å²) in [6, 6.07) is 9.45. The average Bonchev–Trinajstić information content (AvgIpc) is 2.55. The van der Waals surface area contributed by atoms with Gasteiger partial charge >= 0.3 is 6.61 Å². The van der Waals surface area contributed by atoms with E-state index in [9.17, 15) is 23.7 Å². The standard InChI is InChI=1S/C16H15F2N3O4/c1-20(2)13-8-3-10(9-14(13)21(23)24)15(22)19-11-4-6-12(7-5-11)25-16(17)18/h3-9,16H,1-2H3,(H,19,22). The van der Waals surface area contributed by atoms with Gasteiger partial charge in [0, 0.05) is 31.4 Å². The van der Waals surface area contributed by atoms with E-state index in [1.54, 1.807) is 19.0 Å². The van der Waals surface area contributed by atoms with Crippen molar-refractivity contribution in [3.8, 4) is 5.75 Å². The number of hydrogen-bond donors (Lipinski definition) is 1. The summed E-state index contributed by atoms with van der Waals surface area (Å²) in [6.45, 7) is -2.93.